The first-order chi connectivity index (χ1) is 7.36. The number of hydrogen-bond acceptors (Lipinski definition) is 3. The summed E-state index contributed by atoms with van der Waals surface area (Å²) in [5.41, 5.74) is 0.509. The summed E-state index contributed by atoms with van der Waals surface area (Å²) in [6, 6.07) is 13.1. The Morgan fingerprint density at radius 2 is 2.07 bits per heavy atom. The van der Waals surface area contributed by atoms with E-state index in [-0.39, 0.29) is 0 Å². The molecule has 0 aliphatic heterocycles. The van der Waals surface area contributed by atoms with Gasteiger partial charge in [-0.2, -0.15) is 0 Å². The number of benzene rings is 1. The zero-order valence-corrected chi connectivity index (χ0v) is 7.88. The minimum absolute atomic E-state index is 0.325. The number of nitrogens with zero attached hydrogens (tertiary/aromatic N) is 1. The molecule has 0 atom stereocenters. The molecule has 0 spiro atoms. The predicted octanol–water partition coefficient (Wildman–Crippen LogP) is 2.10. The van der Waals surface area contributed by atoms with Crippen molar-refractivity contribution in [3.05, 3.63) is 60.4 Å². The van der Waals surface area contributed by atoms with Gasteiger partial charge in [-0.05, 0) is 18.2 Å². The Morgan fingerprint density at radius 3 is 2.73 bits per heavy atom. The summed E-state index contributed by atoms with van der Waals surface area (Å²) < 4.78 is 5.04. The maximum atomic E-state index is 11.5. The molecule has 0 bridgehead atoms. The Kier molecular flexibility index (Phi) is 2.74. The smallest absolute Gasteiger partial charge is 0.343 e. The van der Waals surface area contributed by atoms with Crippen LogP contribution in [0, 0.1) is 6.07 Å². The molecule has 1 radical (unpaired) electrons. The molecule has 73 valence electrons. The van der Waals surface area contributed by atoms with Gasteiger partial charge in [-0.3, -0.25) is 4.98 Å². The lowest BCUT2D eigenvalue weighted by Gasteiger charge is -2.02. The van der Waals surface area contributed by atoms with E-state index in [2.05, 4.69) is 11.1 Å². The van der Waals surface area contributed by atoms with Crippen molar-refractivity contribution >= 4 is 5.97 Å². The summed E-state index contributed by atoms with van der Waals surface area (Å²) in [5, 5.41) is 0. The van der Waals surface area contributed by atoms with Gasteiger partial charge in [0.2, 0.25) is 0 Å². The van der Waals surface area contributed by atoms with E-state index in [9.17, 15) is 4.79 Å². The second-order valence-corrected chi connectivity index (χ2v) is 2.86. The van der Waals surface area contributed by atoms with Crippen molar-refractivity contribution in [2.24, 2.45) is 0 Å². The van der Waals surface area contributed by atoms with Crippen LogP contribution in [0.2, 0.25) is 0 Å². The molecular weight excluding hydrogens is 190 g/mol. The first-order valence-corrected chi connectivity index (χ1v) is 4.45. The van der Waals surface area contributed by atoms with Crippen molar-refractivity contribution in [1.29, 1.82) is 0 Å². The van der Waals surface area contributed by atoms with Crippen LogP contribution in [0.25, 0.3) is 0 Å². The van der Waals surface area contributed by atoms with Crippen LogP contribution >= 0.6 is 0 Å². The number of rotatable bonds is 2. The normalized spacial score (nSPS) is 9.60. The first kappa shape index (κ1) is 9.40. The molecule has 3 nitrogen and oxygen atoms in total. The van der Waals surface area contributed by atoms with E-state index in [1.54, 1.807) is 36.5 Å². The van der Waals surface area contributed by atoms with E-state index in [1.807, 2.05) is 6.07 Å². The van der Waals surface area contributed by atoms with Gasteiger partial charge in [0.1, 0.15) is 0 Å². The van der Waals surface area contributed by atoms with Crippen molar-refractivity contribution in [1.82, 2.24) is 4.98 Å². The van der Waals surface area contributed by atoms with Crippen molar-refractivity contribution in [2.45, 2.75) is 0 Å². The molecule has 1 heterocycles. The third-order valence-electron chi connectivity index (χ3n) is 1.79. The Hall–Kier alpha value is -2.16. The van der Waals surface area contributed by atoms with E-state index < -0.39 is 5.97 Å². The number of esters is 1. The number of carbonyl (C=O) groups is 1. The molecular formula is C12H8NO2. The zero-order chi connectivity index (χ0) is 10.5. The number of aromatic nitrogens is 1. The van der Waals surface area contributed by atoms with Gasteiger partial charge in [0.15, 0.2) is 5.75 Å². The lowest BCUT2D eigenvalue weighted by molar-refractivity contribution is 0.0733. The average Bonchev–Trinajstić information content (AvgIpc) is 2.31. The van der Waals surface area contributed by atoms with Crippen molar-refractivity contribution < 1.29 is 9.53 Å². The van der Waals surface area contributed by atoms with E-state index in [0.717, 1.165) is 0 Å². The van der Waals surface area contributed by atoms with Crippen LogP contribution in [-0.4, -0.2) is 11.0 Å². The highest BCUT2D eigenvalue weighted by molar-refractivity contribution is 5.90. The molecule has 0 unspecified atom stereocenters. The molecule has 2 aromatic rings. The molecule has 0 N–H and O–H groups in total. The fourth-order valence-corrected chi connectivity index (χ4v) is 1.10. The fraction of sp³-hybridized carbons (Fsp3) is 0. The largest absolute Gasteiger partial charge is 0.421 e. The molecule has 2 rings (SSSR count). The zero-order valence-electron chi connectivity index (χ0n) is 7.88. The van der Waals surface area contributed by atoms with Gasteiger partial charge in [-0.25, -0.2) is 4.79 Å². The van der Waals surface area contributed by atoms with Crippen LogP contribution in [0.5, 0.6) is 5.75 Å². The van der Waals surface area contributed by atoms with Crippen LogP contribution in [0.3, 0.4) is 0 Å². The van der Waals surface area contributed by atoms with Crippen LogP contribution in [-0.2, 0) is 0 Å². The van der Waals surface area contributed by atoms with Crippen molar-refractivity contribution in [3.63, 3.8) is 0 Å². The third kappa shape index (κ3) is 2.40. The third-order valence-corrected chi connectivity index (χ3v) is 1.79. The summed E-state index contributed by atoms with van der Waals surface area (Å²) in [5.74, 6) is -0.0776. The Morgan fingerprint density at radius 1 is 1.27 bits per heavy atom. The molecule has 0 saturated carbocycles. The van der Waals surface area contributed by atoms with E-state index in [1.165, 1.54) is 6.20 Å². The number of pyridine rings is 1. The number of ether oxygens (including phenoxy) is 1. The topological polar surface area (TPSA) is 39.2 Å². The van der Waals surface area contributed by atoms with Gasteiger partial charge >= 0.3 is 5.97 Å². The Labute approximate surface area is 87.3 Å². The number of carbonyl (C=O) groups excluding carboxylic acids is 1. The van der Waals surface area contributed by atoms with Gasteiger partial charge in [0.25, 0.3) is 0 Å². The average molecular weight is 198 g/mol. The van der Waals surface area contributed by atoms with Crippen LogP contribution in [0.15, 0.2) is 48.8 Å². The minimum Gasteiger partial charge on any atom is -0.421 e. The highest BCUT2D eigenvalue weighted by Gasteiger charge is 2.06. The molecule has 3 heteroatoms. The standard InChI is InChI=1S/C12H8NO2/c14-12(10-5-2-1-3-6-10)15-11-7-4-8-13-9-11/h1-6,8-9H. The lowest BCUT2D eigenvalue weighted by Crippen LogP contribution is -2.08. The fourth-order valence-electron chi connectivity index (χ4n) is 1.10. The van der Waals surface area contributed by atoms with E-state index in [0.29, 0.717) is 11.3 Å². The van der Waals surface area contributed by atoms with Gasteiger partial charge in [0.05, 0.1) is 11.8 Å². The van der Waals surface area contributed by atoms with Crippen LogP contribution in [0.1, 0.15) is 10.4 Å². The van der Waals surface area contributed by atoms with E-state index >= 15 is 0 Å². The quantitative estimate of drug-likeness (QED) is 0.693. The minimum atomic E-state index is -0.403. The molecule has 0 amide bonds. The molecule has 0 aliphatic rings. The molecule has 1 aromatic carbocycles. The van der Waals surface area contributed by atoms with Gasteiger partial charge < -0.3 is 4.74 Å². The maximum absolute atomic E-state index is 11.5. The van der Waals surface area contributed by atoms with Crippen molar-refractivity contribution in [2.75, 3.05) is 0 Å². The first-order valence-electron chi connectivity index (χ1n) is 4.45. The second kappa shape index (κ2) is 4.37. The van der Waals surface area contributed by atoms with Crippen LogP contribution in [0.4, 0.5) is 0 Å². The summed E-state index contributed by atoms with van der Waals surface area (Å²) in [4.78, 5) is 15.4. The van der Waals surface area contributed by atoms with Gasteiger partial charge in [0, 0.05) is 12.3 Å². The summed E-state index contributed by atoms with van der Waals surface area (Å²) in [6.07, 6.45) is 3.01. The van der Waals surface area contributed by atoms with E-state index in [4.69, 9.17) is 4.74 Å². The molecule has 0 aliphatic carbocycles. The lowest BCUT2D eigenvalue weighted by atomic mass is 10.2. The second-order valence-electron chi connectivity index (χ2n) is 2.86. The molecule has 1 aromatic heterocycles. The highest BCUT2D eigenvalue weighted by Crippen LogP contribution is 2.09. The molecule has 0 saturated heterocycles. The van der Waals surface area contributed by atoms with Gasteiger partial charge in [-0.1, -0.05) is 18.2 Å². The van der Waals surface area contributed by atoms with Crippen LogP contribution < -0.4 is 4.74 Å². The summed E-state index contributed by atoms with van der Waals surface area (Å²) >= 11 is 0. The monoisotopic (exact) mass is 198 g/mol. The Balaban J connectivity index is 2.12. The highest BCUT2D eigenvalue weighted by atomic mass is 16.5. The summed E-state index contributed by atoms with van der Waals surface area (Å²) in [6.45, 7) is 0. The SMILES string of the molecule is O=C(Oc1[c]ccnc1)c1ccccc1. The predicted molar refractivity (Wildman–Crippen MR) is 54.5 cm³/mol. The van der Waals surface area contributed by atoms with Gasteiger partial charge in [-0.15, -0.1) is 0 Å². The molecule has 15 heavy (non-hydrogen) atoms. The summed E-state index contributed by atoms with van der Waals surface area (Å²) in [7, 11) is 0. The molecule has 0 fully saturated rings. The number of hydrogen-bond donors (Lipinski definition) is 0. The Bertz CT molecular complexity index is 440. The van der Waals surface area contributed by atoms with Crippen molar-refractivity contribution in [3.8, 4) is 5.75 Å². The maximum Gasteiger partial charge on any atom is 0.343 e.